The van der Waals surface area contributed by atoms with Crippen LogP contribution in [0.1, 0.15) is 24.4 Å². The van der Waals surface area contributed by atoms with E-state index in [1.165, 1.54) is 0 Å². The number of rotatable bonds is 4. The van der Waals surface area contributed by atoms with Crippen molar-refractivity contribution in [2.24, 2.45) is 5.84 Å². The summed E-state index contributed by atoms with van der Waals surface area (Å²) in [6.07, 6.45) is 3.20. The summed E-state index contributed by atoms with van der Waals surface area (Å²) < 4.78 is 7.11. The van der Waals surface area contributed by atoms with Crippen molar-refractivity contribution in [2.45, 2.75) is 19.5 Å². The first kappa shape index (κ1) is 11.2. The first-order valence-corrected chi connectivity index (χ1v) is 5.36. The van der Waals surface area contributed by atoms with Crippen molar-refractivity contribution in [1.82, 2.24) is 15.2 Å². The van der Waals surface area contributed by atoms with E-state index in [-0.39, 0.29) is 6.04 Å². The lowest BCUT2D eigenvalue weighted by molar-refractivity contribution is 0.432. The highest BCUT2D eigenvalue weighted by Gasteiger charge is 2.22. The van der Waals surface area contributed by atoms with Gasteiger partial charge in [0.05, 0.1) is 23.2 Å². The highest BCUT2D eigenvalue weighted by Crippen LogP contribution is 2.27. The Labute approximate surface area is 98.1 Å². The normalized spacial score (nSPS) is 12.9. The second-order valence-corrected chi connectivity index (χ2v) is 3.72. The molecule has 2 heterocycles. The number of hydrazine groups is 1. The molecule has 0 saturated carbocycles. The molecule has 0 bridgehead atoms. The van der Waals surface area contributed by atoms with E-state index in [0.717, 1.165) is 12.2 Å². The predicted molar refractivity (Wildman–Crippen MR) is 60.8 cm³/mol. The van der Waals surface area contributed by atoms with Gasteiger partial charge >= 0.3 is 0 Å². The van der Waals surface area contributed by atoms with Crippen LogP contribution in [0.25, 0.3) is 0 Å². The Morgan fingerprint density at radius 3 is 3.06 bits per heavy atom. The summed E-state index contributed by atoms with van der Waals surface area (Å²) in [4.78, 5) is 0. The van der Waals surface area contributed by atoms with E-state index in [4.69, 9.17) is 21.9 Å². The van der Waals surface area contributed by atoms with Gasteiger partial charge in [0.25, 0.3) is 0 Å². The first-order chi connectivity index (χ1) is 7.77. The van der Waals surface area contributed by atoms with E-state index in [1.807, 2.05) is 13.0 Å². The molecule has 0 aliphatic heterocycles. The Balaban J connectivity index is 2.44. The summed E-state index contributed by atoms with van der Waals surface area (Å²) in [6.45, 7) is 2.71. The van der Waals surface area contributed by atoms with Crippen molar-refractivity contribution in [2.75, 3.05) is 0 Å². The summed E-state index contributed by atoms with van der Waals surface area (Å²) in [5, 5.41) is 4.73. The molecule has 2 aromatic rings. The highest BCUT2D eigenvalue weighted by molar-refractivity contribution is 6.31. The smallest absolute Gasteiger partial charge is 0.128 e. The van der Waals surface area contributed by atoms with Gasteiger partial charge in [-0.1, -0.05) is 11.6 Å². The first-order valence-electron chi connectivity index (χ1n) is 4.98. The number of aryl methyl sites for hydroxylation is 1. The van der Waals surface area contributed by atoms with Gasteiger partial charge in [0.15, 0.2) is 0 Å². The molecule has 0 aromatic carbocycles. The molecule has 0 saturated heterocycles. The molecule has 0 radical (unpaired) electrons. The predicted octanol–water partition coefficient (Wildman–Crippen LogP) is 1.70. The molecule has 0 spiro atoms. The van der Waals surface area contributed by atoms with Crippen LogP contribution in [-0.4, -0.2) is 9.78 Å². The standard InChI is InChI=1S/C10H13ClN4O/c1-2-15-10(7(11)6-13-15)9(14-12)8-4-3-5-16-8/h3-6,9,14H,2,12H2,1H3. The Morgan fingerprint density at radius 2 is 2.50 bits per heavy atom. The van der Waals surface area contributed by atoms with Crippen molar-refractivity contribution in [3.8, 4) is 0 Å². The van der Waals surface area contributed by atoms with Gasteiger partial charge in [0.1, 0.15) is 11.8 Å². The fraction of sp³-hybridized carbons (Fsp3) is 0.300. The minimum Gasteiger partial charge on any atom is -0.467 e. The summed E-state index contributed by atoms with van der Waals surface area (Å²) >= 11 is 6.09. The largest absolute Gasteiger partial charge is 0.467 e. The second kappa shape index (κ2) is 4.69. The van der Waals surface area contributed by atoms with Crippen LogP contribution in [0, 0.1) is 0 Å². The van der Waals surface area contributed by atoms with Gasteiger partial charge in [0.2, 0.25) is 0 Å². The average molecular weight is 241 g/mol. The minimum atomic E-state index is -0.287. The van der Waals surface area contributed by atoms with Crippen LogP contribution in [-0.2, 0) is 6.54 Å². The van der Waals surface area contributed by atoms with Gasteiger partial charge in [0, 0.05) is 6.54 Å². The molecular weight excluding hydrogens is 228 g/mol. The molecule has 0 aliphatic carbocycles. The Morgan fingerprint density at radius 1 is 1.69 bits per heavy atom. The SMILES string of the molecule is CCn1ncc(Cl)c1C(NN)c1ccco1. The van der Waals surface area contributed by atoms with Crippen LogP contribution in [0.15, 0.2) is 29.0 Å². The van der Waals surface area contributed by atoms with E-state index in [0.29, 0.717) is 10.8 Å². The number of hydrogen-bond donors (Lipinski definition) is 2. The lowest BCUT2D eigenvalue weighted by Gasteiger charge is -2.15. The third kappa shape index (κ3) is 1.84. The number of furan rings is 1. The molecule has 2 rings (SSSR count). The van der Waals surface area contributed by atoms with Gasteiger partial charge in [-0.25, -0.2) is 5.43 Å². The van der Waals surface area contributed by atoms with Crippen molar-refractivity contribution in [3.05, 3.63) is 41.1 Å². The monoisotopic (exact) mass is 240 g/mol. The second-order valence-electron chi connectivity index (χ2n) is 3.31. The van der Waals surface area contributed by atoms with Gasteiger partial charge in [-0.15, -0.1) is 0 Å². The van der Waals surface area contributed by atoms with Crippen LogP contribution < -0.4 is 11.3 Å². The van der Waals surface area contributed by atoms with Gasteiger partial charge in [-0.2, -0.15) is 5.10 Å². The van der Waals surface area contributed by atoms with Gasteiger partial charge in [-0.3, -0.25) is 10.5 Å². The topological polar surface area (TPSA) is 69.0 Å². The molecule has 0 fully saturated rings. The van der Waals surface area contributed by atoms with E-state index in [2.05, 4.69) is 10.5 Å². The number of nitrogens with two attached hydrogens (primary N) is 1. The number of nitrogens with zero attached hydrogens (tertiary/aromatic N) is 2. The minimum absolute atomic E-state index is 0.287. The molecule has 5 nitrogen and oxygen atoms in total. The lowest BCUT2D eigenvalue weighted by Crippen LogP contribution is -2.30. The number of halogens is 1. The highest BCUT2D eigenvalue weighted by atomic mass is 35.5. The zero-order valence-electron chi connectivity index (χ0n) is 8.85. The van der Waals surface area contributed by atoms with Crippen LogP contribution in [0.5, 0.6) is 0 Å². The molecule has 16 heavy (non-hydrogen) atoms. The fourth-order valence-electron chi connectivity index (χ4n) is 1.66. The zero-order chi connectivity index (χ0) is 11.5. The van der Waals surface area contributed by atoms with Gasteiger partial charge < -0.3 is 4.42 Å². The van der Waals surface area contributed by atoms with Crippen molar-refractivity contribution in [1.29, 1.82) is 0 Å². The summed E-state index contributed by atoms with van der Waals surface area (Å²) in [7, 11) is 0. The maximum absolute atomic E-state index is 6.09. The third-order valence-electron chi connectivity index (χ3n) is 2.40. The third-order valence-corrected chi connectivity index (χ3v) is 2.69. The van der Waals surface area contributed by atoms with E-state index in [1.54, 1.807) is 23.2 Å². The van der Waals surface area contributed by atoms with Crippen molar-refractivity contribution in [3.63, 3.8) is 0 Å². The molecule has 1 atom stereocenters. The van der Waals surface area contributed by atoms with Crippen molar-refractivity contribution < 1.29 is 4.42 Å². The molecule has 3 N–H and O–H groups in total. The van der Waals surface area contributed by atoms with Crippen LogP contribution in [0.4, 0.5) is 0 Å². The molecular formula is C10H13ClN4O. The van der Waals surface area contributed by atoms with Crippen LogP contribution in [0.2, 0.25) is 5.02 Å². The molecule has 1 unspecified atom stereocenters. The maximum Gasteiger partial charge on any atom is 0.128 e. The van der Waals surface area contributed by atoms with E-state index in [9.17, 15) is 0 Å². The van der Waals surface area contributed by atoms with E-state index >= 15 is 0 Å². The molecule has 0 amide bonds. The Kier molecular flexibility index (Phi) is 3.28. The van der Waals surface area contributed by atoms with Crippen LogP contribution in [0.3, 0.4) is 0 Å². The van der Waals surface area contributed by atoms with Crippen LogP contribution >= 0.6 is 11.6 Å². The number of nitrogens with one attached hydrogen (secondary N) is 1. The summed E-state index contributed by atoms with van der Waals surface area (Å²) in [6, 6.07) is 3.36. The Hall–Kier alpha value is -1.30. The molecule has 2 aromatic heterocycles. The number of hydrogen-bond acceptors (Lipinski definition) is 4. The zero-order valence-corrected chi connectivity index (χ0v) is 9.61. The summed E-state index contributed by atoms with van der Waals surface area (Å²) in [5.41, 5.74) is 3.49. The average Bonchev–Trinajstić information content (AvgIpc) is 2.91. The van der Waals surface area contributed by atoms with E-state index < -0.39 is 0 Å². The van der Waals surface area contributed by atoms with Crippen molar-refractivity contribution >= 4 is 11.6 Å². The Bertz CT molecular complexity index is 451. The molecule has 6 heteroatoms. The van der Waals surface area contributed by atoms with Gasteiger partial charge in [-0.05, 0) is 19.1 Å². The molecule has 86 valence electrons. The fourth-order valence-corrected chi connectivity index (χ4v) is 1.91. The number of aromatic nitrogens is 2. The maximum atomic E-state index is 6.09. The molecule has 0 aliphatic rings. The quantitative estimate of drug-likeness (QED) is 0.631. The lowest BCUT2D eigenvalue weighted by atomic mass is 10.1. The summed E-state index contributed by atoms with van der Waals surface area (Å²) in [5.74, 6) is 6.25.